The van der Waals surface area contributed by atoms with Gasteiger partial charge in [0, 0.05) is 0 Å². The van der Waals surface area contributed by atoms with E-state index in [1.165, 1.54) is 0 Å². The van der Waals surface area contributed by atoms with E-state index in [4.69, 9.17) is 0 Å². The summed E-state index contributed by atoms with van der Waals surface area (Å²) in [6, 6.07) is 0. The molecule has 15 heteroatoms. The van der Waals surface area contributed by atoms with Crippen LogP contribution in [0.15, 0.2) is 4.90 Å². The molecule has 0 unspecified atom stereocenters. The van der Waals surface area contributed by atoms with E-state index < -0.39 is 0 Å². The first kappa shape index (κ1) is 18.4. The van der Waals surface area contributed by atoms with Gasteiger partial charge in [-0.1, -0.05) is 0 Å². The Morgan fingerprint density at radius 3 is 1.90 bits per heavy atom. The average molecular weight is 240 g/mol. The third-order valence-corrected chi connectivity index (χ3v) is 3.11. The van der Waals surface area contributed by atoms with Crippen molar-refractivity contribution in [2.75, 3.05) is 7.05 Å². The molecule has 1 saturated carbocycles. The van der Waals surface area contributed by atoms with Crippen molar-refractivity contribution < 1.29 is 0 Å². The Morgan fingerprint density at radius 2 is 1.45 bits per heavy atom. The molecule has 0 bridgehead atoms. The van der Waals surface area contributed by atoms with Gasteiger partial charge in [-0.3, -0.25) is 0 Å². The summed E-state index contributed by atoms with van der Waals surface area (Å²) in [5, 5.41) is 0. The van der Waals surface area contributed by atoms with E-state index in [0.717, 1.165) is 12.8 Å². The molecule has 0 aliphatic heterocycles. The first-order valence-corrected chi connectivity index (χ1v) is 6.94. The average Bonchev–Trinajstić information content (AvgIpc) is 3.25. The van der Waals surface area contributed by atoms with Gasteiger partial charge in [0.1, 0.15) is 0 Å². The van der Waals surface area contributed by atoms with Crippen molar-refractivity contribution in [3.8, 4) is 0 Å². The fourth-order valence-corrected chi connectivity index (χ4v) is 1.65. The van der Waals surface area contributed by atoms with Crippen LogP contribution in [0.5, 0.6) is 0 Å². The van der Waals surface area contributed by atoms with Gasteiger partial charge in [0.05, 0.1) is 0 Å². The molecule has 0 spiro atoms. The van der Waals surface area contributed by atoms with Gasteiger partial charge < -0.3 is 0 Å². The second-order valence-electron chi connectivity index (χ2n) is 4.62. The van der Waals surface area contributed by atoms with Crippen molar-refractivity contribution in [3.05, 3.63) is 0 Å². The molecule has 0 amide bonds. The van der Waals surface area contributed by atoms with Crippen LogP contribution < -0.4 is 0 Å². The van der Waals surface area contributed by atoms with E-state index >= 15 is 0 Å². The van der Waals surface area contributed by atoms with Crippen LogP contribution in [0, 0.1) is 0 Å². The first-order chi connectivity index (χ1) is 9.75. The van der Waals surface area contributed by atoms with Gasteiger partial charge in [0.25, 0.3) is 0 Å². The van der Waals surface area contributed by atoms with Crippen LogP contribution in [-0.4, -0.2) is 113 Å². The van der Waals surface area contributed by atoms with E-state index in [1.807, 2.05) is 95.7 Å². The maximum atomic E-state index is 4.58. The van der Waals surface area contributed by atoms with Crippen LogP contribution in [0.4, 0.5) is 0 Å². The van der Waals surface area contributed by atoms with Crippen LogP contribution in [0.25, 0.3) is 0 Å². The van der Waals surface area contributed by atoms with Gasteiger partial charge >= 0.3 is 130 Å². The van der Waals surface area contributed by atoms with Crippen molar-refractivity contribution in [2.24, 2.45) is 4.90 Å². The van der Waals surface area contributed by atoms with Crippen LogP contribution in [0.3, 0.4) is 0 Å². The summed E-state index contributed by atoms with van der Waals surface area (Å²) in [6.45, 7) is 25.5. The third-order valence-electron chi connectivity index (χ3n) is 3.11. The molecule has 1 aliphatic rings. The molecule has 80 valence electrons. The van der Waals surface area contributed by atoms with E-state index in [0.29, 0.717) is 0 Å². The summed E-state index contributed by atoms with van der Waals surface area (Å²) < 4.78 is 0. The van der Waals surface area contributed by atoms with E-state index in [1.54, 1.807) is 0 Å². The zero-order valence-electron chi connectivity index (χ0n) is 12.4. The van der Waals surface area contributed by atoms with E-state index in [9.17, 15) is 0 Å². The zero-order chi connectivity index (χ0) is 14.7. The standard InChI is InChI=1S/C5H11B13N2/c1-7-20(2)5(3-4-5)19-18-17-16-15-14-13-12-11-10-9-8-6/h1,3-4,6H2,2H3. The van der Waals surface area contributed by atoms with Crippen molar-refractivity contribution >= 4 is 95.2 Å². The molecule has 0 radical (unpaired) electrons. The van der Waals surface area contributed by atoms with Gasteiger partial charge in [-0.2, -0.15) is 0 Å². The summed E-state index contributed by atoms with van der Waals surface area (Å²) >= 11 is 0. The number of hydrogen-bond donors (Lipinski definition) is 0. The van der Waals surface area contributed by atoms with Crippen LogP contribution in [-0.2, 0) is 0 Å². The van der Waals surface area contributed by atoms with E-state index in [-0.39, 0.29) is 5.66 Å². The maximum absolute atomic E-state index is 4.58. The van der Waals surface area contributed by atoms with E-state index in [2.05, 4.69) is 16.2 Å². The van der Waals surface area contributed by atoms with Crippen LogP contribution >= 0.6 is 0 Å². The fraction of sp³-hybridized carbons (Fsp3) is 0.800. The molecule has 0 atom stereocenters. The molecular formula is C5H11B13N2. The van der Waals surface area contributed by atoms with Gasteiger partial charge in [-0.05, 0) is 0 Å². The fourth-order valence-electron chi connectivity index (χ4n) is 1.65. The molecular weight excluding hydrogens is 229 g/mol. The Hall–Kier alpha value is 0.314. The monoisotopic (exact) mass is 242 g/mol. The number of rotatable bonds is 8. The van der Waals surface area contributed by atoms with Crippen molar-refractivity contribution in [1.82, 2.24) is 4.81 Å². The summed E-state index contributed by atoms with van der Waals surface area (Å²) in [6.07, 6.45) is 2.22. The third kappa shape index (κ3) is 7.36. The number of hydrogen-bond acceptors (Lipinski definition) is 2. The van der Waals surface area contributed by atoms with Crippen molar-refractivity contribution in [1.29, 1.82) is 0 Å². The molecule has 1 aliphatic carbocycles. The minimum absolute atomic E-state index is 0.0205. The molecule has 0 aromatic heterocycles. The Labute approximate surface area is 130 Å². The molecule has 0 aromatic rings. The Morgan fingerprint density at radius 1 is 0.950 bits per heavy atom. The quantitative estimate of drug-likeness (QED) is 0.388. The molecule has 0 N–H and O–H groups in total. The second kappa shape index (κ2) is 11.0. The molecule has 20 heavy (non-hydrogen) atoms. The Kier molecular flexibility index (Phi) is 10.1. The van der Waals surface area contributed by atoms with Crippen LogP contribution in [0.1, 0.15) is 12.8 Å². The summed E-state index contributed by atoms with van der Waals surface area (Å²) in [5.41, 5.74) is -0.0205. The molecule has 0 saturated heterocycles. The first-order valence-electron chi connectivity index (χ1n) is 6.94. The molecule has 0 aromatic carbocycles. The predicted molar refractivity (Wildman–Crippen MR) is 107 cm³/mol. The zero-order valence-corrected chi connectivity index (χ0v) is 12.4. The van der Waals surface area contributed by atoms with Gasteiger partial charge in [-0.15, -0.1) is 0 Å². The summed E-state index contributed by atoms with van der Waals surface area (Å²) in [4.78, 5) is 6.65. The van der Waals surface area contributed by atoms with Gasteiger partial charge in [0.2, 0.25) is 0 Å². The minimum atomic E-state index is -0.0205. The number of nitrogens with zero attached hydrogens (tertiary/aromatic N) is 2. The molecule has 1 rings (SSSR count). The molecule has 0 heterocycles. The SMILES string of the molecule is BB=BB=BB=BB=BB=BB=NC1(N(C)B=C)CC1. The van der Waals surface area contributed by atoms with Crippen LogP contribution in [0.2, 0.25) is 0 Å². The predicted octanol–water partition coefficient (Wildman–Crippen LogP) is -4.91. The Balaban J connectivity index is 2.30. The second-order valence-corrected chi connectivity index (χ2v) is 4.62. The Bertz CT molecular complexity index is 473. The van der Waals surface area contributed by atoms with Gasteiger partial charge in [-0.25, -0.2) is 0 Å². The van der Waals surface area contributed by atoms with Crippen molar-refractivity contribution in [2.45, 2.75) is 18.5 Å². The summed E-state index contributed by atoms with van der Waals surface area (Å²) in [5.74, 6) is 0. The topological polar surface area (TPSA) is 15.6 Å². The normalized spacial score (nSPS) is 13.8. The van der Waals surface area contributed by atoms with Crippen molar-refractivity contribution in [3.63, 3.8) is 0 Å². The summed E-state index contributed by atoms with van der Waals surface area (Å²) in [7, 11) is 5.85. The molecule has 2 nitrogen and oxygen atoms in total. The molecule has 1 fully saturated rings. The van der Waals surface area contributed by atoms with Gasteiger partial charge in [0.15, 0.2) is 0 Å².